The highest BCUT2D eigenvalue weighted by atomic mass is 16.6. The van der Waals surface area contributed by atoms with Crippen molar-refractivity contribution in [1.29, 1.82) is 0 Å². The Morgan fingerprint density at radius 2 is 2.10 bits per heavy atom. The largest absolute Gasteiger partial charge is 0.467 e. The van der Waals surface area contributed by atoms with Crippen molar-refractivity contribution in [3.05, 3.63) is 27.9 Å². The number of aromatic nitrogens is 1. The molecule has 3 N–H and O–H groups in total. The number of anilines is 1. The number of carbonyl (C=O) groups is 2. The van der Waals surface area contributed by atoms with Gasteiger partial charge in [0.2, 0.25) is 0 Å². The van der Waals surface area contributed by atoms with Crippen molar-refractivity contribution in [2.45, 2.75) is 19.9 Å². The van der Waals surface area contributed by atoms with Crippen LogP contribution in [-0.2, 0) is 9.53 Å². The molecule has 0 saturated heterocycles. The van der Waals surface area contributed by atoms with Crippen LogP contribution >= 0.6 is 0 Å². The van der Waals surface area contributed by atoms with Crippen molar-refractivity contribution < 1.29 is 19.2 Å². The first-order valence-corrected chi connectivity index (χ1v) is 6.06. The van der Waals surface area contributed by atoms with Crippen molar-refractivity contribution in [3.8, 4) is 0 Å². The number of hydrogen-bond acceptors (Lipinski definition) is 7. The highest BCUT2D eigenvalue weighted by Crippen LogP contribution is 2.21. The molecule has 0 radical (unpaired) electrons. The van der Waals surface area contributed by atoms with Gasteiger partial charge in [-0.05, 0) is 5.92 Å². The number of amides is 1. The Hall–Kier alpha value is -2.71. The molecule has 1 aromatic heterocycles. The van der Waals surface area contributed by atoms with Crippen molar-refractivity contribution >= 4 is 23.4 Å². The number of carbonyl (C=O) groups excluding carboxylic acids is 2. The van der Waals surface area contributed by atoms with Crippen LogP contribution in [0.15, 0.2) is 12.3 Å². The van der Waals surface area contributed by atoms with Crippen LogP contribution in [0.4, 0.5) is 11.5 Å². The van der Waals surface area contributed by atoms with Crippen LogP contribution in [0.1, 0.15) is 24.2 Å². The minimum absolute atomic E-state index is 0.00259. The number of rotatable bonds is 6. The number of methoxy groups -OCH3 is 1. The maximum atomic E-state index is 11.7. The van der Waals surface area contributed by atoms with Gasteiger partial charge in [-0.2, -0.15) is 0 Å². The van der Waals surface area contributed by atoms with E-state index in [9.17, 15) is 19.7 Å². The number of ether oxygens (including phenoxy) is 1. The summed E-state index contributed by atoms with van der Waals surface area (Å²) in [5.41, 5.74) is 4.65. The predicted octanol–water partition coefficient (Wildman–Crippen LogP) is 0.698. The molecule has 1 atom stereocenters. The van der Waals surface area contributed by atoms with E-state index in [4.69, 9.17) is 5.73 Å². The number of nitrogens with one attached hydrogen (secondary N) is 1. The molecule has 1 aromatic rings. The molecule has 0 fully saturated rings. The summed E-state index contributed by atoms with van der Waals surface area (Å²) in [6.07, 6.45) is 0.976. The van der Waals surface area contributed by atoms with Crippen LogP contribution in [0.25, 0.3) is 0 Å². The smallest absolute Gasteiger partial charge is 0.328 e. The Balaban J connectivity index is 3.20. The van der Waals surface area contributed by atoms with Crippen molar-refractivity contribution in [3.63, 3.8) is 0 Å². The maximum absolute atomic E-state index is 11.7. The SMILES string of the molecule is COC(=O)C(Nc1ncc([N+](=O)[O-])cc1C(N)=O)C(C)C. The maximum Gasteiger partial charge on any atom is 0.328 e. The summed E-state index contributed by atoms with van der Waals surface area (Å²) in [5.74, 6) is -1.59. The third-order valence-electron chi connectivity index (χ3n) is 2.76. The first-order valence-electron chi connectivity index (χ1n) is 6.06. The van der Waals surface area contributed by atoms with Gasteiger partial charge in [-0.15, -0.1) is 0 Å². The number of pyridine rings is 1. The predicted molar refractivity (Wildman–Crippen MR) is 73.7 cm³/mol. The van der Waals surface area contributed by atoms with Gasteiger partial charge in [0, 0.05) is 6.07 Å². The van der Waals surface area contributed by atoms with Crippen LogP contribution in [-0.4, -0.2) is 34.9 Å². The summed E-state index contributed by atoms with van der Waals surface area (Å²) in [6.45, 7) is 3.54. The molecule has 0 spiro atoms. The second-order valence-electron chi connectivity index (χ2n) is 4.60. The molecule has 0 bridgehead atoms. The molecule has 1 heterocycles. The van der Waals surface area contributed by atoms with Gasteiger partial charge in [0.15, 0.2) is 0 Å². The summed E-state index contributed by atoms with van der Waals surface area (Å²) in [5, 5.41) is 13.4. The molecular weight excluding hydrogens is 280 g/mol. The lowest BCUT2D eigenvalue weighted by molar-refractivity contribution is -0.385. The monoisotopic (exact) mass is 296 g/mol. The molecule has 1 amide bonds. The average molecular weight is 296 g/mol. The van der Waals surface area contributed by atoms with Gasteiger partial charge in [0.05, 0.1) is 17.6 Å². The first kappa shape index (κ1) is 16.3. The van der Waals surface area contributed by atoms with Gasteiger partial charge in [0.1, 0.15) is 18.1 Å². The lowest BCUT2D eigenvalue weighted by atomic mass is 10.0. The number of nitro groups is 1. The molecular formula is C12H16N4O5. The number of hydrogen-bond donors (Lipinski definition) is 2. The number of nitrogens with zero attached hydrogens (tertiary/aromatic N) is 2. The third-order valence-corrected chi connectivity index (χ3v) is 2.76. The Morgan fingerprint density at radius 1 is 1.48 bits per heavy atom. The van der Waals surface area contributed by atoms with Gasteiger partial charge in [-0.1, -0.05) is 13.8 Å². The van der Waals surface area contributed by atoms with E-state index in [1.807, 2.05) is 0 Å². The van der Waals surface area contributed by atoms with Gasteiger partial charge >= 0.3 is 5.97 Å². The van der Waals surface area contributed by atoms with Gasteiger partial charge in [-0.3, -0.25) is 14.9 Å². The van der Waals surface area contributed by atoms with Crippen LogP contribution in [0.3, 0.4) is 0 Å². The molecule has 1 unspecified atom stereocenters. The Bertz CT molecular complexity index is 573. The summed E-state index contributed by atoms with van der Waals surface area (Å²) < 4.78 is 4.65. The van der Waals surface area contributed by atoms with Gasteiger partial charge < -0.3 is 15.8 Å². The van der Waals surface area contributed by atoms with Gasteiger partial charge in [0.25, 0.3) is 11.6 Å². The topological polar surface area (TPSA) is 137 Å². The fraction of sp³-hybridized carbons (Fsp3) is 0.417. The van der Waals surface area contributed by atoms with E-state index in [-0.39, 0.29) is 23.0 Å². The van der Waals surface area contributed by atoms with E-state index in [0.29, 0.717) is 0 Å². The molecule has 0 aliphatic rings. The summed E-state index contributed by atoms with van der Waals surface area (Å²) >= 11 is 0. The molecule has 9 nitrogen and oxygen atoms in total. The molecule has 1 rings (SSSR count). The minimum Gasteiger partial charge on any atom is -0.467 e. The van der Waals surface area contributed by atoms with E-state index < -0.39 is 22.8 Å². The summed E-state index contributed by atoms with van der Waals surface area (Å²) in [7, 11) is 1.23. The quantitative estimate of drug-likeness (QED) is 0.447. The number of nitrogens with two attached hydrogens (primary N) is 1. The Labute approximate surface area is 120 Å². The highest BCUT2D eigenvalue weighted by molar-refractivity contribution is 5.98. The normalized spacial score (nSPS) is 11.8. The van der Waals surface area contributed by atoms with Crippen LogP contribution in [0, 0.1) is 16.0 Å². The zero-order valence-corrected chi connectivity index (χ0v) is 11.8. The average Bonchev–Trinajstić information content (AvgIpc) is 2.43. The van der Waals surface area contributed by atoms with Crippen LogP contribution in [0.5, 0.6) is 0 Å². The minimum atomic E-state index is -0.888. The molecule has 0 aliphatic carbocycles. The second kappa shape index (κ2) is 6.64. The first-order chi connectivity index (χ1) is 9.77. The lowest BCUT2D eigenvalue weighted by Gasteiger charge is -2.21. The highest BCUT2D eigenvalue weighted by Gasteiger charge is 2.26. The van der Waals surface area contributed by atoms with Crippen LogP contribution in [0.2, 0.25) is 0 Å². The fourth-order valence-corrected chi connectivity index (χ4v) is 1.63. The molecule has 0 saturated carbocycles. The Morgan fingerprint density at radius 3 is 2.52 bits per heavy atom. The molecule has 0 aromatic carbocycles. The van der Waals surface area contributed by atoms with Crippen molar-refractivity contribution in [1.82, 2.24) is 4.98 Å². The number of esters is 1. The third kappa shape index (κ3) is 3.88. The van der Waals surface area contributed by atoms with Crippen molar-refractivity contribution in [2.75, 3.05) is 12.4 Å². The standard InChI is InChI=1S/C12H16N4O5/c1-6(2)9(12(18)21-3)15-11-8(10(13)17)4-7(5-14-11)16(19)20/h4-6,9H,1-3H3,(H2,13,17)(H,14,15). The van der Waals surface area contributed by atoms with E-state index in [0.717, 1.165) is 12.3 Å². The Kier molecular flexibility index (Phi) is 5.17. The summed E-state index contributed by atoms with van der Waals surface area (Å²) in [6, 6.07) is 0.244. The summed E-state index contributed by atoms with van der Waals surface area (Å²) in [4.78, 5) is 36.9. The van der Waals surface area contributed by atoms with E-state index in [1.54, 1.807) is 13.8 Å². The number of primary amides is 1. The van der Waals surface area contributed by atoms with E-state index in [1.165, 1.54) is 7.11 Å². The van der Waals surface area contributed by atoms with Crippen molar-refractivity contribution in [2.24, 2.45) is 11.7 Å². The lowest BCUT2D eigenvalue weighted by Crippen LogP contribution is -2.36. The van der Waals surface area contributed by atoms with Crippen LogP contribution < -0.4 is 11.1 Å². The molecule has 9 heteroatoms. The molecule has 0 aliphatic heterocycles. The molecule has 21 heavy (non-hydrogen) atoms. The zero-order chi connectivity index (χ0) is 16.2. The molecule has 114 valence electrons. The van der Waals surface area contributed by atoms with E-state index in [2.05, 4.69) is 15.0 Å². The fourth-order valence-electron chi connectivity index (χ4n) is 1.63. The van der Waals surface area contributed by atoms with E-state index >= 15 is 0 Å². The zero-order valence-electron chi connectivity index (χ0n) is 11.8. The van der Waals surface area contributed by atoms with Gasteiger partial charge in [-0.25, -0.2) is 9.78 Å². The second-order valence-corrected chi connectivity index (χ2v) is 4.60.